The fourth-order valence-corrected chi connectivity index (χ4v) is 0.689. The van der Waals surface area contributed by atoms with Gasteiger partial charge in [-0.05, 0) is 33.1 Å². The van der Waals surface area contributed by atoms with Crippen molar-refractivity contribution in [3.8, 4) is 0 Å². The molecule has 0 aliphatic heterocycles. The lowest BCUT2D eigenvalue weighted by atomic mass is 10.1. The van der Waals surface area contributed by atoms with Gasteiger partial charge in [-0.25, -0.2) is 0 Å². The summed E-state index contributed by atoms with van der Waals surface area (Å²) in [6.07, 6.45) is 1.23. The zero-order valence-electron chi connectivity index (χ0n) is 8.49. The lowest BCUT2D eigenvalue weighted by molar-refractivity contribution is 0.347. The highest BCUT2D eigenvalue weighted by Gasteiger charge is 2.06. The molecule has 0 heterocycles. The van der Waals surface area contributed by atoms with Crippen molar-refractivity contribution >= 4 is 0 Å². The topological polar surface area (TPSA) is 24.1 Å². The smallest absolute Gasteiger partial charge is 0.0239 e. The van der Waals surface area contributed by atoms with E-state index in [4.69, 9.17) is 0 Å². The molecule has 0 aromatic carbocycles. The molecule has 0 amide bonds. The van der Waals surface area contributed by atoms with E-state index in [0.717, 1.165) is 12.5 Å². The first kappa shape index (κ1) is 10.9. The van der Waals surface area contributed by atoms with E-state index < -0.39 is 0 Å². The second-order valence-electron chi connectivity index (χ2n) is 4.48. The van der Waals surface area contributed by atoms with E-state index in [2.05, 4.69) is 45.5 Å². The van der Waals surface area contributed by atoms with Crippen LogP contribution in [0.25, 0.3) is 0 Å². The highest BCUT2D eigenvalue weighted by Crippen LogP contribution is 1.98. The van der Waals surface area contributed by atoms with Gasteiger partial charge >= 0.3 is 0 Å². The Hall–Kier alpha value is -0.0800. The zero-order valence-corrected chi connectivity index (χ0v) is 8.49. The van der Waals surface area contributed by atoms with Crippen LogP contribution in [0.3, 0.4) is 0 Å². The molecule has 0 unspecified atom stereocenters. The van der Waals surface area contributed by atoms with Crippen LogP contribution in [0.5, 0.6) is 0 Å². The molecule has 68 valence electrons. The van der Waals surface area contributed by atoms with E-state index in [9.17, 15) is 0 Å². The number of rotatable bonds is 4. The standard InChI is InChI=1S/C9H22N2/c1-8(2)6-7-10-11-9(3,4)5/h8,10-11H,6-7H2,1-5H3. The summed E-state index contributed by atoms with van der Waals surface area (Å²) < 4.78 is 0. The van der Waals surface area contributed by atoms with E-state index in [0.29, 0.717) is 0 Å². The minimum atomic E-state index is 0.178. The Morgan fingerprint density at radius 2 is 1.73 bits per heavy atom. The van der Waals surface area contributed by atoms with Crippen molar-refractivity contribution in [2.75, 3.05) is 6.54 Å². The zero-order chi connectivity index (χ0) is 8.91. The minimum absolute atomic E-state index is 0.178. The van der Waals surface area contributed by atoms with Crippen LogP contribution in [0.4, 0.5) is 0 Å². The molecule has 0 saturated carbocycles. The van der Waals surface area contributed by atoms with Gasteiger partial charge in [0.1, 0.15) is 0 Å². The highest BCUT2D eigenvalue weighted by atomic mass is 15.4. The quantitative estimate of drug-likeness (QED) is 0.482. The average Bonchev–Trinajstić information content (AvgIpc) is 1.78. The third kappa shape index (κ3) is 9.92. The van der Waals surface area contributed by atoms with Crippen LogP contribution in [-0.2, 0) is 0 Å². The highest BCUT2D eigenvalue weighted by molar-refractivity contribution is 4.66. The van der Waals surface area contributed by atoms with Crippen molar-refractivity contribution in [1.82, 2.24) is 10.9 Å². The Labute approximate surface area is 70.7 Å². The molecular weight excluding hydrogens is 136 g/mol. The molecule has 0 aliphatic carbocycles. The monoisotopic (exact) mass is 158 g/mol. The molecule has 0 radical (unpaired) electrons. The van der Waals surface area contributed by atoms with E-state index in [1.165, 1.54) is 6.42 Å². The fourth-order valence-electron chi connectivity index (χ4n) is 0.689. The molecule has 0 aromatic rings. The Kier molecular flexibility index (Phi) is 4.69. The van der Waals surface area contributed by atoms with Gasteiger partial charge in [0.05, 0.1) is 0 Å². The SMILES string of the molecule is CC(C)CCNNC(C)(C)C. The van der Waals surface area contributed by atoms with Crippen LogP contribution >= 0.6 is 0 Å². The van der Waals surface area contributed by atoms with Gasteiger partial charge in [-0.1, -0.05) is 13.8 Å². The molecule has 0 saturated heterocycles. The molecule has 11 heavy (non-hydrogen) atoms. The van der Waals surface area contributed by atoms with E-state index in [1.54, 1.807) is 0 Å². The lowest BCUT2D eigenvalue weighted by Gasteiger charge is -2.21. The van der Waals surface area contributed by atoms with Crippen LogP contribution in [0.15, 0.2) is 0 Å². The predicted octanol–water partition coefficient (Wildman–Crippen LogP) is 1.93. The largest absolute Gasteiger partial charge is 0.257 e. The summed E-state index contributed by atoms with van der Waals surface area (Å²) in [5.41, 5.74) is 6.61. The number of hydrazine groups is 1. The predicted molar refractivity (Wildman–Crippen MR) is 50.3 cm³/mol. The Morgan fingerprint density at radius 1 is 1.18 bits per heavy atom. The average molecular weight is 158 g/mol. The second kappa shape index (κ2) is 4.73. The van der Waals surface area contributed by atoms with Crippen LogP contribution in [0.1, 0.15) is 41.0 Å². The first-order valence-corrected chi connectivity index (χ1v) is 4.42. The van der Waals surface area contributed by atoms with Crippen molar-refractivity contribution in [3.63, 3.8) is 0 Å². The van der Waals surface area contributed by atoms with Crippen LogP contribution in [0.2, 0.25) is 0 Å². The van der Waals surface area contributed by atoms with Crippen LogP contribution in [-0.4, -0.2) is 12.1 Å². The number of nitrogens with one attached hydrogen (secondary N) is 2. The molecule has 2 heteroatoms. The van der Waals surface area contributed by atoms with Gasteiger partial charge in [0.15, 0.2) is 0 Å². The van der Waals surface area contributed by atoms with Crippen molar-refractivity contribution in [2.24, 2.45) is 5.92 Å². The Bertz CT molecular complexity index is 92.2. The summed E-state index contributed by atoms with van der Waals surface area (Å²) in [6.45, 7) is 12.0. The third-order valence-corrected chi connectivity index (χ3v) is 1.31. The lowest BCUT2D eigenvalue weighted by Crippen LogP contribution is -2.46. The number of hydrogen-bond acceptors (Lipinski definition) is 2. The van der Waals surface area contributed by atoms with Gasteiger partial charge in [0.2, 0.25) is 0 Å². The summed E-state index contributed by atoms with van der Waals surface area (Å²) >= 11 is 0. The van der Waals surface area contributed by atoms with Gasteiger partial charge in [-0.15, -0.1) is 0 Å². The first-order valence-electron chi connectivity index (χ1n) is 4.42. The number of hydrogen-bond donors (Lipinski definition) is 2. The van der Waals surface area contributed by atoms with Crippen molar-refractivity contribution in [2.45, 2.75) is 46.6 Å². The van der Waals surface area contributed by atoms with E-state index >= 15 is 0 Å². The molecule has 0 aliphatic rings. The normalized spacial score (nSPS) is 12.5. The third-order valence-electron chi connectivity index (χ3n) is 1.31. The molecule has 2 nitrogen and oxygen atoms in total. The maximum atomic E-state index is 3.23. The fraction of sp³-hybridized carbons (Fsp3) is 1.00. The molecular formula is C9H22N2. The molecule has 2 N–H and O–H groups in total. The minimum Gasteiger partial charge on any atom is -0.257 e. The van der Waals surface area contributed by atoms with Crippen molar-refractivity contribution < 1.29 is 0 Å². The summed E-state index contributed by atoms with van der Waals surface area (Å²) in [5, 5.41) is 0. The molecule has 0 atom stereocenters. The van der Waals surface area contributed by atoms with Gasteiger partial charge in [0.25, 0.3) is 0 Å². The molecule has 0 spiro atoms. The van der Waals surface area contributed by atoms with Crippen molar-refractivity contribution in [1.29, 1.82) is 0 Å². The molecule has 0 fully saturated rings. The maximum absolute atomic E-state index is 3.23. The van der Waals surface area contributed by atoms with E-state index in [1.807, 2.05) is 0 Å². The Balaban J connectivity index is 3.15. The molecule has 0 bridgehead atoms. The summed E-state index contributed by atoms with van der Waals surface area (Å²) in [6, 6.07) is 0. The second-order valence-corrected chi connectivity index (χ2v) is 4.48. The van der Waals surface area contributed by atoms with Gasteiger partial charge in [-0.2, -0.15) is 0 Å². The van der Waals surface area contributed by atoms with Crippen molar-refractivity contribution in [3.05, 3.63) is 0 Å². The summed E-state index contributed by atoms with van der Waals surface area (Å²) in [4.78, 5) is 0. The summed E-state index contributed by atoms with van der Waals surface area (Å²) in [5.74, 6) is 0.782. The van der Waals surface area contributed by atoms with E-state index in [-0.39, 0.29) is 5.54 Å². The molecule has 0 aromatic heterocycles. The first-order chi connectivity index (χ1) is 4.92. The van der Waals surface area contributed by atoms with Crippen LogP contribution in [0, 0.1) is 5.92 Å². The summed E-state index contributed by atoms with van der Waals surface area (Å²) in [7, 11) is 0. The van der Waals surface area contributed by atoms with Crippen LogP contribution < -0.4 is 10.9 Å². The van der Waals surface area contributed by atoms with Gasteiger partial charge in [-0.3, -0.25) is 10.9 Å². The van der Waals surface area contributed by atoms with Gasteiger partial charge in [0, 0.05) is 12.1 Å². The Morgan fingerprint density at radius 3 is 2.09 bits per heavy atom. The molecule has 0 rings (SSSR count). The van der Waals surface area contributed by atoms with Gasteiger partial charge < -0.3 is 0 Å². The maximum Gasteiger partial charge on any atom is 0.0239 e.